The molecular weight excluding hydrogens is 262 g/mol. The molecule has 1 aromatic carbocycles. The van der Waals surface area contributed by atoms with Gasteiger partial charge in [0.25, 0.3) is 0 Å². The van der Waals surface area contributed by atoms with Crippen LogP contribution in [0.25, 0.3) is 0 Å². The van der Waals surface area contributed by atoms with Crippen molar-refractivity contribution >= 4 is 5.69 Å². The number of likely N-dealkylation sites (N-methyl/N-ethyl adjacent to an activating group) is 1. The van der Waals surface area contributed by atoms with Crippen LogP contribution in [0.2, 0.25) is 0 Å². The van der Waals surface area contributed by atoms with E-state index in [1.165, 1.54) is 5.56 Å². The largest absolute Gasteiger partial charge is 0.493 e. The summed E-state index contributed by atoms with van der Waals surface area (Å²) in [7, 11) is 2.00. The molecule has 2 atom stereocenters. The first-order valence-corrected chi connectivity index (χ1v) is 7.34. The summed E-state index contributed by atoms with van der Waals surface area (Å²) in [6.07, 6.45) is 5.48. The Labute approximate surface area is 125 Å². The van der Waals surface area contributed by atoms with Gasteiger partial charge in [-0.2, -0.15) is 0 Å². The molecule has 0 fully saturated rings. The van der Waals surface area contributed by atoms with Crippen molar-refractivity contribution in [2.75, 3.05) is 19.4 Å². The molecule has 1 aliphatic rings. The second kappa shape index (κ2) is 6.14. The third-order valence-corrected chi connectivity index (χ3v) is 4.23. The highest BCUT2D eigenvalue weighted by Crippen LogP contribution is 2.29. The maximum absolute atomic E-state index is 6.03. The lowest BCUT2D eigenvalue weighted by molar-refractivity contribution is 0.187. The molecule has 110 valence electrons. The van der Waals surface area contributed by atoms with Crippen LogP contribution in [0.5, 0.6) is 5.75 Å². The highest BCUT2D eigenvalue weighted by molar-refractivity contribution is 5.45. The first kappa shape index (κ1) is 13.9. The van der Waals surface area contributed by atoms with Gasteiger partial charge < -0.3 is 15.8 Å². The molecule has 2 heterocycles. The fraction of sp³-hybridized carbons (Fsp3) is 0.353. The van der Waals surface area contributed by atoms with Crippen molar-refractivity contribution in [3.8, 4) is 5.75 Å². The number of fused-ring (bicyclic) bond motifs is 1. The molecule has 2 unspecified atom stereocenters. The Morgan fingerprint density at radius 2 is 2.24 bits per heavy atom. The van der Waals surface area contributed by atoms with Gasteiger partial charge in [-0.25, -0.2) is 0 Å². The van der Waals surface area contributed by atoms with E-state index in [-0.39, 0.29) is 0 Å². The van der Waals surface area contributed by atoms with E-state index in [1.54, 1.807) is 6.20 Å². The average Bonchev–Trinajstić information content (AvgIpc) is 2.54. The van der Waals surface area contributed by atoms with E-state index >= 15 is 0 Å². The predicted octanol–water partition coefficient (Wildman–Crippen LogP) is 2.05. The second-order valence-electron chi connectivity index (χ2n) is 5.56. The monoisotopic (exact) mass is 283 g/mol. The highest BCUT2D eigenvalue weighted by atomic mass is 16.5. The second-order valence-corrected chi connectivity index (χ2v) is 5.56. The lowest BCUT2D eigenvalue weighted by atomic mass is 9.87. The molecule has 0 amide bonds. The minimum atomic E-state index is 0.324. The molecule has 0 aliphatic carbocycles. The van der Waals surface area contributed by atoms with E-state index in [0.717, 1.165) is 36.4 Å². The fourth-order valence-corrected chi connectivity index (χ4v) is 2.96. The number of nitrogens with one attached hydrogen (secondary N) is 1. The fourth-order valence-electron chi connectivity index (χ4n) is 2.96. The number of anilines is 1. The summed E-state index contributed by atoms with van der Waals surface area (Å²) >= 11 is 0. The van der Waals surface area contributed by atoms with E-state index in [9.17, 15) is 0 Å². The minimum Gasteiger partial charge on any atom is -0.493 e. The van der Waals surface area contributed by atoms with Crippen molar-refractivity contribution in [2.45, 2.75) is 18.9 Å². The number of hydrogen-bond donors (Lipinski definition) is 2. The van der Waals surface area contributed by atoms with Gasteiger partial charge in [0.05, 0.1) is 6.61 Å². The summed E-state index contributed by atoms with van der Waals surface area (Å²) in [5.74, 6) is 1.45. The zero-order valence-corrected chi connectivity index (χ0v) is 12.3. The first-order chi connectivity index (χ1) is 10.3. The summed E-state index contributed by atoms with van der Waals surface area (Å²) in [5.41, 5.74) is 9.22. The van der Waals surface area contributed by atoms with Crippen molar-refractivity contribution in [3.63, 3.8) is 0 Å². The molecule has 2 aromatic rings. The number of hydrogen-bond acceptors (Lipinski definition) is 4. The molecule has 0 spiro atoms. The first-order valence-electron chi connectivity index (χ1n) is 7.34. The number of nitrogens with zero attached hydrogens (tertiary/aromatic N) is 1. The van der Waals surface area contributed by atoms with Crippen LogP contribution in [-0.2, 0) is 12.8 Å². The SMILES string of the molecule is CNC(Cc1cnccc1N)C1COc2ccccc2C1. The molecule has 21 heavy (non-hydrogen) atoms. The number of pyridine rings is 1. The molecule has 4 nitrogen and oxygen atoms in total. The molecular formula is C17H21N3O. The van der Waals surface area contributed by atoms with E-state index in [1.807, 2.05) is 31.4 Å². The van der Waals surface area contributed by atoms with E-state index in [2.05, 4.69) is 22.4 Å². The van der Waals surface area contributed by atoms with Crippen LogP contribution in [0.1, 0.15) is 11.1 Å². The smallest absolute Gasteiger partial charge is 0.122 e. The number of nitrogens with two attached hydrogens (primary N) is 1. The Bertz CT molecular complexity index is 614. The maximum Gasteiger partial charge on any atom is 0.122 e. The lowest BCUT2D eigenvalue weighted by Crippen LogP contribution is -2.41. The molecule has 0 saturated heterocycles. The summed E-state index contributed by atoms with van der Waals surface area (Å²) in [4.78, 5) is 4.17. The Hall–Kier alpha value is -2.07. The van der Waals surface area contributed by atoms with Gasteiger partial charge in [-0.3, -0.25) is 4.98 Å². The molecule has 4 heteroatoms. The predicted molar refractivity (Wildman–Crippen MR) is 84.3 cm³/mol. The van der Waals surface area contributed by atoms with Crippen LogP contribution >= 0.6 is 0 Å². The summed E-state index contributed by atoms with van der Waals surface area (Å²) in [5, 5.41) is 3.41. The standard InChI is InChI=1S/C17H21N3O/c1-19-16(9-13-10-20-7-6-15(13)18)14-8-12-4-2-3-5-17(12)21-11-14/h2-7,10,14,16,19H,8-9,11H2,1H3,(H2,18,20). The Balaban J connectivity index is 1.74. The number of benzene rings is 1. The zero-order valence-electron chi connectivity index (χ0n) is 12.3. The van der Waals surface area contributed by atoms with Crippen LogP contribution < -0.4 is 15.8 Å². The maximum atomic E-state index is 6.03. The normalized spacial score (nSPS) is 18.6. The van der Waals surface area contributed by atoms with Crippen LogP contribution in [0.4, 0.5) is 5.69 Å². The van der Waals surface area contributed by atoms with Crippen molar-refractivity contribution in [1.29, 1.82) is 0 Å². The van der Waals surface area contributed by atoms with E-state index in [4.69, 9.17) is 10.5 Å². The van der Waals surface area contributed by atoms with Gasteiger partial charge in [-0.1, -0.05) is 18.2 Å². The van der Waals surface area contributed by atoms with E-state index in [0.29, 0.717) is 12.0 Å². The van der Waals surface area contributed by atoms with Crippen LogP contribution in [0.15, 0.2) is 42.7 Å². The summed E-state index contributed by atoms with van der Waals surface area (Å²) in [6, 6.07) is 10.5. The van der Waals surface area contributed by atoms with Gasteiger partial charge >= 0.3 is 0 Å². The number of aromatic nitrogens is 1. The Kier molecular flexibility index (Phi) is 4.06. The number of para-hydroxylation sites is 1. The number of nitrogen functional groups attached to an aromatic ring is 1. The third kappa shape index (κ3) is 3.00. The molecule has 0 saturated carbocycles. The summed E-state index contributed by atoms with van der Waals surface area (Å²) in [6.45, 7) is 0.739. The molecule has 3 N–H and O–H groups in total. The van der Waals surface area contributed by atoms with Crippen molar-refractivity contribution in [2.24, 2.45) is 5.92 Å². The van der Waals surface area contributed by atoms with Gasteiger partial charge in [-0.15, -0.1) is 0 Å². The van der Waals surface area contributed by atoms with Crippen LogP contribution in [-0.4, -0.2) is 24.7 Å². The third-order valence-electron chi connectivity index (χ3n) is 4.23. The molecule has 0 bridgehead atoms. The van der Waals surface area contributed by atoms with Gasteiger partial charge in [0, 0.05) is 30.0 Å². The van der Waals surface area contributed by atoms with Gasteiger partial charge in [0.1, 0.15) is 5.75 Å². The Morgan fingerprint density at radius 1 is 1.38 bits per heavy atom. The Morgan fingerprint density at radius 3 is 3.05 bits per heavy atom. The molecule has 3 rings (SSSR count). The van der Waals surface area contributed by atoms with Gasteiger partial charge in [0.15, 0.2) is 0 Å². The van der Waals surface area contributed by atoms with Crippen LogP contribution in [0, 0.1) is 5.92 Å². The number of ether oxygens (including phenoxy) is 1. The highest BCUT2D eigenvalue weighted by Gasteiger charge is 2.27. The topological polar surface area (TPSA) is 60.2 Å². The van der Waals surface area contributed by atoms with Crippen molar-refractivity contribution in [3.05, 3.63) is 53.9 Å². The van der Waals surface area contributed by atoms with E-state index < -0.39 is 0 Å². The van der Waals surface area contributed by atoms with Crippen LogP contribution in [0.3, 0.4) is 0 Å². The molecule has 0 radical (unpaired) electrons. The minimum absolute atomic E-state index is 0.324. The van der Waals surface area contributed by atoms with Crippen molar-refractivity contribution in [1.82, 2.24) is 10.3 Å². The zero-order chi connectivity index (χ0) is 14.7. The molecule has 1 aliphatic heterocycles. The lowest BCUT2D eigenvalue weighted by Gasteiger charge is -2.31. The quantitative estimate of drug-likeness (QED) is 0.901. The average molecular weight is 283 g/mol. The van der Waals surface area contributed by atoms with Gasteiger partial charge in [0.2, 0.25) is 0 Å². The van der Waals surface area contributed by atoms with Gasteiger partial charge in [-0.05, 0) is 43.1 Å². The number of rotatable bonds is 4. The van der Waals surface area contributed by atoms with Crippen molar-refractivity contribution < 1.29 is 4.74 Å². The molecule has 1 aromatic heterocycles. The summed E-state index contributed by atoms with van der Waals surface area (Å²) < 4.78 is 5.90.